The van der Waals surface area contributed by atoms with Crippen LogP contribution in [-0.2, 0) is 13.4 Å². The van der Waals surface area contributed by atoms with E-state index in [-0.39, 0.29) is 0 Å². The Morgan fingerprint density at radius 2 is 1.52 bits per heavy atom. The molecule has 1 saturated heterocycles. The first-order valence-electron chi connectivity index (χ1n) is 13.5. The Morgan fingerprint density at radius 1 is 0.903 bits per heavy atom. The van der Waals surface area contributed by atoms with E-state index in [2.05, 4.69) is 26.3 Å². The zero-order chi connectivity index (χ0) is 22.6. The molecule has 0 spiro atoms. The van der Waals surface area contributed by atoms with E-state index in [0.717, 1.165) is 45.1 Å². The standard InChI is InChI=1S/C25H53NO3SSi/c1-4-6-8-10-11-12-14-16-20-27-31(28-21-18-24(3)23-26-29-31)22-19-25(30)17-15-13-9-7-5-2/h24-26,30H,4-23H2,1-3H3. The van der Waals surface area contributed by atoms with Crippen molar-refractivity contribution in [1.29, 1.82) is 0 Å². The van der Waals surface area contributed by atoms with Gasteiger partial charge in [0.1, 0.15) is 0 Å². The molecule has 3 unspecified atom stereocenters. The molecule has 0 aromatic carbocycles. The summed E-state index contributed by atoms with van der Waals surface area (Å²) in [7, 11) is -2.66. The fourth-order valence-corrected chi connectivity index (χ4v) is 7.08. The number of hydroxylamine groups is 1. The zero-order valence-electron chi connectivity index (χ0n) is 21.0. The molecule has 31 heavy (non-hydrogen) atoms. The second-order valence-corrected chi connectivity index (χ2v) is 13.0. The van der Waals surface area contributed by atoms with Crippen LogP contribution in [0.15, 0.2) is 0 Å². The average Bonchev–Trinajstić information content (AvgIpc) is 2.75. The van der Waals surface area contributed by atoms with Gasteiger partial charge in [0.15, 0.2) is 0 Å². The summed E-state index contributed by atoms with van der Waals surface area (Å²) in [4.78, 5) is 0. The minimum absolute atomic E-state index is 0.411. The number of rotatable bonds is 19. The van der Waals surface area contributed by atoms with Crippen LogP contribution >= 0.6 is 12.6 Å². The van der Waals surface area contributed by atoms with Crippen LogP contribution in [-0.4, -0.2) is 33.8 Å². The Balaban J connectivity index is 2.34. The maximum absolute atomic E-state index is 6.39. The van der Waals surface area contributed by atoms with Crippen molar-refractivity contribution >= 4 is 21.4 Å². The molecule has 0 aromatic heterocycles. The maximum Gasteiger partial charge on any atom is 0.517 e. The molecule has 1 fully saturated rings. The summed E-state index contributed by atoms with van der Waals surface area (Å²) in [5.41, 5.74) is 3.19. The normalized spacial score (nSPS) is 23.4. The lowest BCUT2D eigenvalue weighted by molar-refractivity contribution is -0.00198. The second kappa shape index (κ2) is 19.8. The SMILES string of the molecule is CCCCCCCCCCO[Si]1(CCC(S)CCCCCCC)OCCC(C)CNO1. The first kappa shape index (κ1) is 29.4. The lowest BCUT2D eigenvalue weighted by Crippen LogP contribution is -2.52. The van der Waals surface area contributed by atoms with E-state index in [4.69, 9.17) is 26.0 Å². The Hall–Kier alpha value is 0.407. The molecule has 4 nitrogen and oxygen atoms in total. The third-order valence-electron chi connectivity index (χ3n) is 6.34. The Labute approximate surface area is 200 Å². The van der Waals surface area contributed by atoms with E-state index in [9.17, 15) is 0 Å². The Kier molecular flexibility index (Phi) is 18.8. The molecule has 3 atom stereocenters. The van der Waals surface area contributed by atoms with Gasteiger partial charge in [0.2, 0.25) is 0 Å². The van der Waals surface area contributed by atoms with Crippen molar-refractivity contribution in [2.24, 2.45) is 5.92 Å². The van der Waals surface area contributed by atoms with Crippen molar-refractivity contribution in [1.82, 2.24) is 5.48 Å². The van der Waals surface area contributed by atoms with Crippen LogP contribution in [0.25, 0.3) is 0 Å². The van der Waals surface area contributed by atoms with Crippen molar-refractivity contribution in [2.45, 2.75) is 135 Å². The predicted octanol–water partition coefficient (Wildman–Crippen LogP) is 7.71. The topological polar surface area (TPSA) is 39.7 Å². The molecule has 1 aliphatic rings. The van der Waals surface area contributed by atoms with Gasteiger partial charge in [-0.15, -0.1) is 0 Å². The largest absolute Gasteiger partial charge is 0.517 e. The van der Waals surface area contributed by atoms with Gasteiger partial charge < -0.3 is 8.85 Å². The van der Waals surface area contributed by atoms with E-state index in [1.165, 1.54) is 83.5 Å². The van der Waals surface area contributed by atoms with E-state index in [0.29, 0.717) is 11.2 Å². The molecule has 1 heterocycles. The lowest BCUT2D eigenvalue weighted by Gasteiger charge is -2.33. The van der Waals surface area contributed by atoms with E-state index < -0.39 is 8.80 Å². The molecular formula is C25H53NO3SSi. The van der Waals surface area contributed by atoms with Gasteiger partial charge in [-0.3, -0.25) is 4.53 Å². The third kappa shape index (κ3) is 15.8. The van der Waals surface area contributed by atoms with Crippen LogP contribution in [0.3, 0.4) is 0 Å². The zero-order valence-corrected chi connectivity index (χ0v) is 22.9. The van der Waals surface area contributed by atoms with Crippen LogP contribution in [0.5, 0.6) is 0 Å². The highest BCUT2D eigenvalue weighted by Crippen LogP contribution is 2.25. The van der Waals surface area contributed by atoms with Crippen molar-refractivity contribution < 1.29 is 13.4 Å². The molecule has 186 valence electrons. The highest BCUT2D eigenvalue weighted by atomic mass is 32.1. The molecule has 0 amide bonds. The summed E-state index contributed by atoms with van der Waals surface area (Å²) in [5.74, 6) is 0.570. The first-order valence-corrected chi connectivity index (χ1v) is 15.9. The summed E-state index contributed by atoms with van der Waals surface area (Å²) in [5, 5.41) is 0.411. The van der Waals surface area contributed by atoms with E-state index in [1.54, 1.807) is 0 Å². The molecule has 0 aromatic rings. The van der Waals surface area contributed by atoms with Gasteiger partial charge in [-0.1, -0.05) is 97.8 Å². The van der Waals surface area contributed by atoms with E-state index >= 15 is 0 Å². The molecule has 0 radical (unpaired) electrons. The van der Waals surface area contributed by atoms with Crippen molar-refractivity contribution in [3.05, 3.63) is 0 Å². The van der Waals surface area contributed by atoms with Gasteiger partial charge in [0.05, 0.1) is 0 Å². The van der Waals surface area contributed by atoms with Gasteiger partial charge in [0, 0.05) is 31.1 Å². The molecule has 6 heteroatoms. The molecule has 1 aliphatic heterocycles. The maximum atomic E-state index is 6.39. The first-order chi connectivity index (χ1) is 15.1. The van der Waals surface area contributed by atoms with Crippen LogP contribution in [0, 0.1) is 5.92 Å². The van der Waals surface area contributed by atoms with Crippen LogP contribution in [0.1, 0.15) is 124 Å². The number of thiol groups is 1. The average molecular weight is 476 g/mol. The smallest absolute Gasteiger partial charge is 0.373 e. The molecule has 1 N–H and O–H groups in total. The fourth-order valence-electron chi connectivity index (χ4n) is 4.04. The van der Waals surface area contributed by atoms with Crippen molar-refractivity contribution in [3.8, 4) is 0 Å². The fraction of sp³-hybridized carbons (Fsp3) is 1.00. The summed E-state index contributed by atoms with van der Waals surface area (Å²) in [6.07, 6.45) is 20.3. The number of hydrogen-bond donors (Lipinski definition) is 2. The van der Waals surface area contributed by atoms with Gasteiger partial charge in [0.25, 0.3) is 0 Å². The van der Waals surface area contributed by atoms with Gasteiger partial charge in [-0.2, -0.15) is 12.6 Å². The number of unbranched alkanes of at least 4 members (excludes halogenated alkanes) is 11. The van der Waals surface area contributed by atoms with Crippen molar-refractivity contribution in [3.63, 3.8) is 0 Å². The summed E-state index contributed by atoms with van der Waals surface area (Å²) in [6, 6.07) is 0.870. The van der Waals surface area contributed by atoms with Crippen molar-refractivity contribution in [2.75, 3.05) is 19.8 Å². The van der Waals surface area contributed by atoms with Crippen LogP contribution in [0.2, 0.25) is 6.04 Å². The Bertz CT molecular complexity index is 393. The molecule has 0 saturated carbocycles. The molecule has 1 rings (SSSR count). The summed E-state index contributed by atoms with van der Waals surface area (Å²) in [6.45, 7) is 9.16. The number of nitrogens with one attached hydrogen (secondary N) is 1. The highest BCUT2D eigenvalue weighted by molar-refractivity contribution is 7.80. The van der Waals surface area contributed by atoms with Crippen LogP contribution in [0.4, 0.5) is 0 Å². The lowest BCUT2D eigenvalue weighted by atomic mass is 10.1. The third-order valence-corrected chi connectivity index (χ3v) is 9.50. The summed E-state index contributed by atoms with van der Waals surface area (Å²) >= 11 is 4.86. The van der Waals surface area contributed by atoms with Gasteiger partial charge in [-0.05, 0) is 31.6 Å². The quantitative estimate of drug-likeness (QED) is 0.114. The predicted molar refractivity (Wildman–Crippen MR) is 139 cm³/mol. The highest BCUT2D eigenvalue weighted by Gasteiger charge is 2.43. The molecule has 0 bridgehead atoms. The monoisotopic (exact) mass is 475 g/mol. The minimum Gasteiger partial charge on any atom is -0.373 e. The summed E-state index contributed by atoms with van der Waals surface area (Å²) < 4.78 is 18.8. The molecular weight excluding hydrogens is 422 g/mol. The van der Waals surface area contributed by atoms with Crippen LogP contribution < -0.4 is 5.48 Å². The second-order valence-electron chi connectivity index (χ2n) is 9.59. The van der Waals surface area contributed by atoms with Gasteiger partial charge in [-0.25, -0.2) is 5.48 Å². The van der Waals surface area contributed by atoms with E-state index in [1.807, 2.05) is 0 Å². The number of hydrogen-bond acceptors (Lipinski definition) is 5. The molecule has 0 aliphatic carbocycles. The van der Waals surface area contributed by atoms with Gasteiger partial charge >= 0.3 is 8.80 Å². The Morgan fingerprint density at radius 3 is 2.19 bits per heavy atom. The minimum atomic E-state index is -2.66.